The number of hydrogen-bond acceptors (Lipinski definition) is 4. The average molecular weight is 224 g/mol. The summed E-state index contributed by atoms with van der Waals surface area (Å²) in [7, 11) is 0. The summed E-state index contributed by atoms with van der Waals surface area (Å²) in [4.78, 5) is 21.6. The lowest BCUT2D eigenvalue weighted by Gasteiger charge is -1.96. The van der Waals surface area contributed by atoms with Crippen molar-refractivity contribution in [2.24, 2.45) is 0 Å². The van der Waals surface area contributed by atoms with E-state index in [-0.39, 0.29) is 13.2 Å². The molecule has 4 nitrogen and oxygen atoms in total. The fourth-order valence-corrected chi connectivity index (χ4v) is 0.514. The van der Waals surface area contributed by atoms with Crippen LogP contribution in [0, 0.1) is 0 Å². The fourth-order valence-electron chi connectivity index (χ4n) is 0.514. The molecule has 0 heterocycles. The molecule has 4 heteroatoms. The third kappa shape index (κ3) is 11.9. The molecule has 0 spiro atoms. The molecule has 0 radical (unpaired) electrons. The van der Waals surface area contributed by atoms with Crippen molar-refractivity contribution in [2.75, 3.05) is 13.2 Å². The molecule has 0 saturated heterocycles. The van der Waals surface area contributed by atoms with Crippen LogP contribution in [-0.4, -0.2) is 25.2 Å². The molecular formula is C12H16O4. The van der Waals surface area contributed by atoms with Gasteiger partial charge in [0, 0.05) is 12.2 Å². The second kappa shape index (κ2) is 12.9. The van der Waals surface area contributed by atoms with Gasteiger partial charge in [-0.05, 0) is 0 Å². The molecule has 0 amide bonds. The Hall–Kier alpha value is -2.10. The van der Waals surface area contributed by atoms with E-state index in [0.29, 0.717) is 0 Å². The highest BCUT2D eigenvalue weighted by Gasteiger charge is 1.98. The molecule has 0 bridgehead atoms. The van der Waals surface area contributed by atoms with Gasteiger partial charge in [-0.3, -0.25) is 0 Å². The summed E-state index contributed by atoms with van der Waals surface area (Å²) in [5.41, 5.74) is 0. The Kier molecular flexibility index (Phi) is 13.2. The molecule has 0 atom stereocenters. The van der Waals surface area contributed by atoms with E-state index in [0.717, 1.165) is 12.2 Å². The molecule has 0 unspecified atom stereocenters. The number of hydrogen-bond donors (Lipinski definition) is 0. The molecule has 0 N–H and O–H groups in total. The Bertz CT molecular complexity index is 240. The highest BCUT2D eigenvalue weighted by atomic mass is 16.5. The van der Waals surface area contributed by atoms with Gasteiger partial charge in [0.15, 0.2) is 0 Å². The summed E-state index contributed by atoms with van der Waals surface area (Å²) in [5, 5.41) is 0. The zero-order valence-corrected chi connectivity index (χ0v) is 9.19. The van der Waals surface area contributed by atoms with Crippen LogP contribution < -0.4 is 0 Å². The molecule has 0 aliphatic heterocycles. The zero-order chi connectivity index (χ0) is 12.8. The zero-order valence-electron chi connectivity index (χ0n) is 9.19. The smallest absolute Gasteiger partial charge is 0.331 e. The van der Waals surface area contributed by atoms with Crippen molar-refractivity contribution in [3.05, 3.63) is 50.6 Å². The SMILES string of the molecule is C=C.C=CCOC(=O)/C=C/C(=O)OCC=C. The average Bonchev–Trinajstić information content (AvgIpc) is 2.33. The van der Waals surface area contributed by atoms with Crippen LogP contribution in [0.1, 0.15) is 0 Å². The maximum absolute atomic E-state index is 10.8. The molecule has 0 saturated carbocycles. The van der Waals surface area contributed by atoms with Gasteiger partial charge in [-0.2, -0.15) is 0 Å². The second-order valence-corrected chi connectivity index (χ2v) is 2.17. The van der Waals surface area contributed by atoms with Crippen molar-refractivity contribution < 1.29 is 19.1 Å². The van der Waals surface area contributed by atoms with Crippen LogP contribution in [-0.2, 0) is 19.1 Å². The van der Waals surface area contributed by atoms with Crippen LogP contribution in [0.4, 0.5) is 0 Å². The summed E-state index contributed by atoms with van der Waals surface area (Å²) in [6, 6.07) is 0. The number of ether oxygens (including phenoxy) is 2. The highest BCUT2D eigenvalue weighted by Crippen LogP contribution is 1.85. The van der Waals surface area contributed by atoms with Gasteiger partial charge >= 0.3 is 11.9 Å². The topological polar surface area (TPSA) is 52.6 Å². The molecule has 16 heavy (non-hydrogen) atoms. The van der Waals surface area contributed by atoms with E-state index in [1.54, 1.807) is 0 Å². The van der Waals surface area contributed by atoms with Crippen molar-refractivity contribution in [1.82, 2.24) is 0 Å². The molecule has 0 aliphatic carbocycles. The molecule has 88 valence electrons. The van der Waals surface area contributed by atoms with Gasteiger partial charge < -0.3 is 9.47 Å². The van der Waals surface area contributed by atoms with Crippen molar-refractivity contribution in [3.8, 4) is 0 Å². The van der Waals surface area contributed by atoms with E-state index < -0.39 is 11.9 Å². The Morgan fingerprint density at radius 2 is 1.19 bits per heavy atom. The van der Waals surface area contributed by atoms with Gasteiger partial charge in [-0.15, -0.1) is 13.2 Å². The van der Waals surface area contributed by atoms with Gasteiger partial charge in [0.2, 0.25) is 0 Å². The minimum absolute atomic E-state index is 0.116. The maximum Gasteiger partial charge on any atom is 0.331 e. The fraction of sp³-hybridized carbons (Fsp3) is 0.167. The predicted octanol–water partition coefficient (Wildman–Crippen LogP) is 1.80. The van der Waals surface area contributed by atoms with Gasteiger partial charge in [0.25, 0.3) is 0 Å². The lowest BCUT2D eigenvalue weighted by Crippen LogP contribution is -2.04. The molecule has 0 aromatic carbocycles. The Morgan fingerprint density at radius 1 is 0.875 bits per heavy atom. The minimum Gasteiger partial charge on any atom is -0.458 e. The summed E-state index contributed by atoms with van der Waals surface area (Å²) < 4.78 is 9.15. The van der Waals surface area contributed by atoms with E-state index >= 15 is 0 Å². The van der Waals surface area contributed by atoms with Crippen LogP contribution in [0.5, 0.6) is 0 Å². The van der Waals surface area contributed by atoms with E-state index in [1.807, 2.05) is 0 Å². The third-order valence-corrected chi connectivity index (χ3v) is 1.04. The first-order chi connectivity index (χ1) is 7.70. The molecule has 0 aliphatic rings. The first-order valence-corrected chi connectivity index (χ1v) is 4.44. The third-order valence-electron chi connectivity index (χ3n) is 1.04. The monoisotopic (exact) mass is 224 g/mol. The van der Waals surface area contributed by atoms with E-state index in [9.17, 15) is 9.59 Å². The molecule has 0 rings (SSSR count). The lowest BCUT2D eigenvalue weighted by atomic mass is 10.5. The number of rotatable bonds is 6. The van der Waals surface area contributed by atoms with E-state index in [2.05, 4.69) is 35.8 Å². The highest BCUT2D eigenvalue weighted by molar-refractivity contribution is 5.91. The minimum atomic E-state index is -0.611. The molecule has 0 fully saturated rings. The van der Waals surface area contributed by atoms with Crippen LogP contribution in [0.2, 0.25) is 0 Å². The quantitative estimate of drug-likeness (QED) is 0.392. The van der Waals surface area contributed by atoms with Crippen molar-refractivity contribution in [1.29, 1.82) is 0 Å². The summed E-state index contributed by atoms with van der Waals surface area (Å²) in [6.07, 6.45) is 4.85. The van der Waals surface area contributed by atoms with Crippen molar-refractivity contribution in [2.45, 2.75) is 0 Å². The maximum atomic E-state index is 10.8. The van der Waals surface area contributed by atoms with E-state index in [1.165, 1.54) is 12.2 Å². The predicted molar refractivity (Wildman–Crippen MR) is 62.7 cm³/mol. The van der Waals surface area contributed by atoms with Crippen LogP contribution in [0.15, 0.2) is 50.6 Å². The van der Waals surface area contributed by atoms with Crippen molar-refractivity contribution >= 4 is 11.9 Å². The lowest BCUT2D eigenvalue weighted by molar-refractivity contribution is -0.139. The number of carbonyl (C=O) groups is 2. The second-order valence-electron chi connectivity index (χ2n) is 2.17. The van der Waals surface area contributed by atoms with Crippen LogP contribution in [0.3, 0.4) is 0 Å². The molecule has 0 aromatic heterocycles. The number of carbonyl (C=O) groups excluding carboxylic acids is 2. The molecule has 0 aromatic rings. The summed E-state index contributed by atoms with van der Waals surface area (Å²) in [6.45, 7) is 13.0. The summed E-state index contributed by atoms with van der Waals surface area (Å²) in [5.74, 6) is -1.22. The standard InChI is InChI=1S/C10H12O4.C2H4/c1-3-7-13-9(11)5-6-10(12)14-8-4-2;1-2/h3-6H,1-2,7-8H2;1-2H2/b6-5+;. The van der Waals surface area contributed by atoms with Gasteiger partial charge in [0.1, 0.15) is 13.2 Å². The van der Waals surface area contributed by atoms with Gasteiger partial charge in [-0.25, -0.2) is 9.59 Å². The largest absolute Gasteiger partial charge is 0.458 e. The van der Waals surface area contributed by atoms with Crippen molar-refractivity contribution in [3.63, 3.8) is 0 Å². The Balaban J connectivity index is 0. The van der Waals surface area contributed by atoms with Crippen LogP contribution in [0.25, 0.3) is 0 Å². The molecular weight excluding hydrogens is 208 g/mol. The Labute approximate surface area is 95.6 Å². The summed E-state index contributed by atoms with van der Waals surface area (Å²) >= 11 is 0. The van der Waals surface area contributed by atoms with Crippen LogP contribution >= 0.6 is 0 Å². The number of esters is 2. The normalized spacial score (nSPS) is 8.50. The first-order valence-electron chi connectivity index (χ1n) is 4.44. The Morgan fingerprint density at radius 3 is 1.44 bits per heavy atom. The van der Waals surface area contributed by atoms with E-state index in [4.69, 9.17) is 0 Å². The van der Waals surface area contributed by atoms with Gasteiger partial charge in [0.05, 0.1) is 0 Å². The first kappa shape index (κ1) is 16.3. The van der Waals surface area contributed by atoms with Gasteiger partial charge in [-0.1, -0.05) is 25.3 Å².